The first kappa shape index (κ1) is 7.42. The second kappa shape index (κ2) is 2.28. The molecule has 0 aromatic heterocycles. The van der Waals surface area contributed by atoms with Crippen LogP contribution in [-0.2, 0) is 14.3 Å². The first-order chi connectivity index (χ1) is 6.31. The Morgan fingerprint density at radius 1 is 1.54 bits per heavy atom. The lowest BCUT2D eigenvalue weighted by atomic mass is 9.88. The third kappa shape index (κ3) is 0.773. The number of rotatable bonds is 2. The molecule has 3 nitrogen and oxygen atoms in total. The van der Waals surface area contributed by atoms with Crippen LogP contribution < -0.4 is 0 Å². The van der Waals surface area contributed by atoms with Gasteiger partial charge in [-0.3, -0.25) is 4.79 Å². The number of hydrogen-bond acceptors (Lipinski definition) is 3. The molecule has 0 N–H and O–H groups in total. The van der Waals surface area contributed by atoms with E-state index in [4.69, 9.17) is 9.47 Å². The molecular formula is C10H12O3. The summed E-state index contributed by atoms with van der Waals surface area (Å²) in [6.07, 6.45) is 3.63. The van der Waals surface area contributed by atoms with Gasteiger partial charge in [0.2, 0.25) is 0 Å². The second-order valence-corrected chi connectivity index (χ2v) is 4.17. The van der Waals surface area contributed by atoms with Crippen molar-refractivity contribution in [3.05, 3.63) is 12.8 Å². The summed E-state index contributed by atoms with van der Waals surface area (Å²) in [6, 6.07) is 0. The lowest BCUT2D eigenvalue weighted by Crippen LogP contribution is -2.32. The molecule has 0 spiro atoms. The molecule has 3 heteroatoms. The summed E-state index contributed by atoms with van der Waals surface area (Å²) in [5.41, 5.74) is 0. The largest absolute Gasteiger partial charge is 0.494 e. The molecule has 13 heavy (non-hydrogen) atoms. The molecule has 0 aromatic rings. The number of carbonyl (C=O) groups is 1. The highest BCUT2D eigenvalue weighted by molar-refractivity contribution is 5.76. The SMILES string of the molecule is C=CO[C@@H]1[C@@H]2C[C@@H]3[C@@H]1OC(=O)[C@@H]3C2. The van der Waals surface area contributed by atoms with Crippen molar-refractivity contribution in [1.29, 1.82) is 0 Å². The molecule has 2 bridgehead atoms. The van der Waals surface area contributed by atoms with E-state index in [1.165, 1.54) is 6.26 Å². The number of ether oxygens (including phenoxy) is 2. The van der Waals surface area contributed by atoms with E-state index in [1.807, 2.05) is 0 Å². The zero-order chi connectivity index (χ0) is 9.00. The van der Waals surface area contributed by atoms with Gasteiger partial charge in [-0.1, -0.05) is 6.58 Å². The van der Waals surface area contributed by atoms with Crippen molar-refractivity contribution in [2.24, 2.45) is 17.8 Å². The minimum Gasteiger partial charge on any atom is -0.494 e. The molecule has 1 heterocycles. The molecule has 1 aliphatic heterocycles. The van der Waals surface area contributed by atoms with E-state index in [9.17, 15) is 4.79 Å². The number of carbonyl (C=O) groups excluding carboxylic acids is 1. The van der Waals surface area contributed by atoms with E-state index >= 15 is 0 Å². The van der Waals surface area contributed by atoms with Gasteiger partial charge in [-0.2, -0.15) is 0 Å². The van der Waals surface area contributed by atoms with Crippen LogP contribution in [0.1, 0.15) is 12.8 Å². The zero-order valence-corrected chi connectivity index (χ0v) is 7.31. The van der Waals surface area contributed by atoms with E-state index in [0.717, 1.165) is 12.8 Å². The molecule has 3 aliphatic rings. The minimum atomic E-state index is -0.00679. The molecule has 0 unspecified atom stereocenters. The van der Waals surface area contributed by atoms with Gasteiger partial charge in [0.1, 0.15) is 12.2 Å². The predicted octanol–water partition coefficient (Wildman–Crippen LogP) is 1.10. The highest BCUT2D eigenvalue weighted by atomic mass is 16.6. The van der Waals surface area contributed by atoms with Gasteiger partial charge < -0.3 is 9.47 Å². The number of hydrogen-bond donors (Lipinski definition) is 0. The van der Waals surface area contributed by atoms with Crippen molar-refractivity contribution in [2.45, 2.75) is 25.0 Å². The Labute approximate surface area is 76.7 Å². The van der Waals surface area contributed by atoms with Crippen molar-refractivity contribution < 1.29 is 14.3 Å². The smallest absolute Gasteiger partial charge is 0.309 e. The highest BCUT2D eigenvalue weighted by Gasteiger charge is 2.62. The van der Waals surface area contributed by atoms with Crippen LogP contribution in [0.25, 0.3) is 0 Å². The minimum absolute atomic E-state index is 0.00679. The number of fused-ring (bicyclic) bond motifs is 1. The first-order valence-corrected chi connectivity index (χ1v) is 4.78. The van der Waals surface area contributed by atoms with E-state index < -0.39 is 0 Å². The van der Waals surface area contributed by atoms with Crippen molar-refractivity contribution >= 4 is 5.97 Å². The summed E-state index contributed by atoms with van der Waals surface area (Å²) >= 11 is 0. The highest BCUT2D eigenvalue weighted by Crippen LogP contribution is 2.55. The molecule has 3 rings (SSSR count). The summed E-state index contributed by atoms with van der Waals surface area (Å²) < 4.78 is 10.7. The normalized spacial score (nSPS) is 50.8. The second-order valence-electron chi connectivity index (χ2n) is 4.17. The summed E-state index contributed by atoms with van der Waals surface area (Å²) in [6.45, 7) is 3.55. The van der Waals surface area contributed by atoms with Crippen molar-refractivity contribution in [3.8, 4) is 0 Å². The maximum Gasteiger partial charge on any atom is 0.309 e. The third-order valence-corrected chi connectivity index (χ3v) is 3.67. The average molecular weight is 180 g/mol. The lowest BCUT2D eigenvalue weighted by molar-refractivity contribution is -0.145. The van der Waals surface area contributed by atoms with Gasteiger partial charge in [0, 0.05) is 11.8 Å². The standard InChI is InChI=1S/C10H12O3/c1-2-12-8-5-3-6-7(4-5)10(11)13-9(6)8/h2,5-9H,1,3-4H2/t5-,6+,7-,8-,9+/m1/s1. The molecule has 0 radical (unpaired) electrons. The summed E-state index contributed by atoms with van der Waals surface area (Å²) in [5, 5.41) is 0. The fraction of sp³-hybridized carbons (Fsp3) is 0.700. The molecule has 3 fully saturated rings. The van der Waals surface area contributed by atoms with Crippen molar-refractivity contribution in [3.63, 3.8) is 0 Å². The summed E-state index contributed by atoms with van der Waals surface area (Å²) in [4.78, 5) is 11.3. The third-order valence-electron chi connectivity index (χ3n) is 3.67. The van der Waals surface area contributed by atoms with Crippen molar-refractivity contribution in [2.75, 3.05) is 0 Å². The molecule has 2 saturated carbocycles. The molecule has 1 saturated heterocycles. The fourth-order valence-corrected chi connectivity index (χ4v) is 3.20. The molecule has 0 amide bonds. The monoisotopic (exact) mass is 180 g/mol. The molecular weight excluding hydrogens is 168 g/mol. The van der Waals surface area contributed by atoms with Crippen LogP contribution in [0.15, 0.2) is 12.8 Å². The topological polar surface area (TPSA) is 35.5 Å². The van der Waals surface area contributed by atoms with Gasteiger partial charge in [-0.25, -0.2) is 0 Å². The van der Waals surface area contributed by atoms with E-state index in [2.05, 4.69) is 6.58 Å². The fourth-order valence-electron chi connectivity index (χ4n) is 3.20. The van der Waals surface area contributed by atoms with Gasteiger partial charge in [0.05, 0.1) is 12.2 Å². The van der Waals surface area contributed by atoms with E-state index in [0.29, 0.717) is 11.8 Å². The Morgan fingerprint density at radius 2 is 2.38 bits per heavy atom. The Morgan fingerprint density at radius 3 is 3.15 bits per heavy atom. The van der Waals surface area contributed by atoms with Crippen molar-refractivity contribution in [1.82, 2.24) is 0 Å². The Hall–Kier alpha value is -0.990. The molecule has 0 aromatic carbocycles. The van der Waals surface area contributed by atoms with E-state index in [1.54, 1.807) is 0 Å². The van der Waals surface area contributed by atoms with Crippen LogP contribution in [0, 0.1) is 17.8 Å². The van der Waals surface area contributed by atoms with Crippen LogP contribution >= 0.6 is 0 Å². The van der Waals surface area contributed by atoms with Gasteiger partial charge in [-0.05, 0) is 12.8 Å². The average Bonchev–Trinajstić information content (AvgIpc) is 2.69. The molecule has 5 atom stereocenters. The summed E-state index contributed by atoms with van der Waals surface area (Å²) in [5.74, 6) is 1.12. The maximum atomic E-state index is 11.3. The quantitative estimate of drug-likeness (QED) is 0.471. The Kier molecular flexibility index (Phi) is 1.30. The number of esters is 1. The van der Waals surface area contributed by atoms with Crippen LogP contribution in [0.2, 0.25) is 0 Å². The van der Waals surface area contributed by atoms with Gasteiger partial charge in [-0.15, -0.1) is 0 Å². The zero-order valence-electron chi connectivity index (χ0n) is 7.31. The van der Waals surface area contributed by atoms with Gasteiger partial charge in [0.15, 0.2) is 0 Å². The van der Waals surface area contributed by atoms with Crippen LogP contribution in [0.4, 0.5) is 0 Å². The van der Waals surface area contributed by atoms with Crippen LogP contribution in [0.3, 0.4) is 0 Å². The first-order valence-electron chi connectivity index (χ1n) is 4.78. The molecule has 70 valence electrons. The van der Waals surface area contributed by atoms with Gasteiger partial charge in [0.25, 0.3) is 0 Å². The lowest BCUT2D eigenvalue weighted by Gasteiger charge is -2.24. The van der Waals surface area contributed by atoms with Crippen LogP contribution in [0.5, 0.6) is 0 Å². The summed E-state index contributed by atoms with van der Waals surface area (Å²) in [7, 11) is 0. The Balaban J connectivity index is 1.90. The van der Waals surface area contributed by atoms with Gasteiger partial charge >= 0.3 is 5.97 Å². The maximum absolute atomic E-state index is 11.3. The van der Waals surface area contributed by atoms with Crippen LogP contribution in [-0.4, -0.2) is 18.2 Å². The molecule has 2 aliphatic carbocycles. The van der Waals surface area contributed by atoms with E-state index in [-0.39, 0.29) is 24.1 Å². The Bertz CT molecular complexity index is 273. The predicted molar refractivity (Wildman–Crippen MR) is 44.7 cm³/mol.